The molecule has 0 fully saturated rings. The minimum absolute atomic E-state index is 0.563. The Morgan fingerprint density at radius 1 is 0.696 bits per heavy atom. The molecule has 3 aromatic carbocycles. The predicted octanol–water partition coefficient (Wildman–Crippen LogP) is 6.33. The lowest BCUT2D eigenvalue weighted by Gasteiger charge is -2.12. The van der Waals surface area contributed by atoms with Gasteiger partial charge in [-0.2, -0.15) is 0 Å². The lowest BCUT2D eigenvalue weighted by molar-refractivity contribution is 1.39. The van der Waals surface area contributed by atoms with Gasteiger partial charge in [0.25, 0.3) is 0 Å². The summed E-state index contributed by atoms with van der Waals surface area (Å²) >= 11 is 6.39. The Morgan fingerprint density at radius 3 is 2.17 bits per heavy atom. The molecule has 0 aliphatic heterocycles. The van der Waals surface area contributed by atoms with Crippen LogP contribution >= 0.6 is 11.6 Å². The molecule has 0 saturated carbocycles. The molecular weight excluding hydrogens is 302 g/mol. The van der Waals surface area contributed by atoms with Gasteiger partial charge in [0.05, 0.1) is 5.52 Å². The SMILES string of the molecule is Cc1ccccc1-c1cc2nc(Cl)c3ccccc3c2cc1C. The van der Waals surface area contributed by atoms with Gasteiger partial charge in [-0.25, -0.2) is 4.98 Å². The van der Waals surface area contributed by atoms with Crippen molar-refractivity contribution in [3.8, 4) is 11.1 Å². The van der Waals surface area contributed by atoms with E-state index in [0.717, 1.165) is 21.7 Å². The smallest absolute Gasteiger partial charge is 0.137 e. The number of rotatable bonds is 1. The molecule has 4 rings (SSSR count). The first-order chi connectivity index (χ1) is 11.1. The molecule has 0 bridgehead atoms. The quantitative estimate of drug-likeness (QED) is 0.295. The molecule has 0 radical (unpaired) electrons. The second-order valence-corrected chi connectivity index (χ2v) is 6.31. The number of aryl methyl sites for hydroxylation is 2. The number of aromatic nitrogens is 1. The van der Waals surface area contributed by atoms with E-state index in [9.17, 15) is 0 Å². The Labute approximate surface area is 140 Å². The molecule has 4 aromatic rings. The average molecular weight is 318 g/mol. The van der Waals surface area contributed by atoms with Crippen molar-refractivity contribution in [2.75, 3.05) is 0 Å². The van der Waals surface area contributed by atoms with Gasteiger partial charge >= 0.3 is 0 Å². The number of hydrogen-bond acceptors (Lipinski definition) is 1. The average Bonchev–Trinajstić information content (AvgIpc) is 2.56. The lowest BCUT2D eigenvalue weighted by atomic mass is 9.94. The van der Waals surface area contributed by atoms with Gasteiger partial charge in [-0.3, -0.25) is 0 Å². The van der Waals surface area contributed by atoms with Crippen molar-refractivity contribution in [3.63, 3.8) is 0 Å². The van der Waals surface area contributed by atoms with Crippen LogP contribution in [0.3, 0.4) is 0 Å². The van der Waals surface area contributed by atoms with Gasteiger partial charge < -0.3 is 0 Å². The summed E-state index contributed by atoms with van der Waals surface area (Å²) in [5.41, 5.74) is 5.92. The molecule has 0 saturated heterocycles. The van der Waals surface area contributed by atoms with Crippen molar-refractivity contribution in [2.45, 2.75) is 13.8 Å². The van der Waals surface area contributed by atoms with Crippen LogP contribution in [0.25, 0.3) is 32.8 Å². The topological polar surface area (TPSA) is 12.9 Å². The third kappa shape index (κ3) is 2.29. The fourth-order valence-corrected chi connectivity index (χ4v) is 3.49. The van der Waals surface area contributed by atoms with Crippen molar-refractivity contribution in [1.82, 2.24) is 4.98 Å². The second kappa shape index (κ2) is 5.36. The summed E-state index contributed by atoms with van der Waals surface area (Å²) in [5.74, 6) is 0. The molecule has 1 heterocycles. The summed E-state index contributed by atoms with van der Waals surface area (Å²) in [6, 6.07) is 21.0. The Balaban J connectivity index is 2.09. The summed E-state index contributed by atoms with van der Waals surface area (Å²) in [7, 11) is 0. The third-order valence-corrected chi connectivity index (χ3v) is 4.72. The zero-order valence-corrected chi connectivity index (χ0v) is 13.9. The van der Waals surface area contributed by atoms with Crippen LogP contribution in [0.15, 0.2) is 60.7 Å². The highest BCUT2D eigenvalue weighted by Crippen LogP contribution is 2.34. The van der Waals surface area contributed by atoms with E-state index in [2.05, 4.69) is 61.3 Å². The molecule has 0 unspecified atom stereocenters. The van der Waals surface area contributed by atoms with Crippen LogP contribution < -0.4 is 0 Å². The summed E-state index contributed by atoms with van der Waals surface area (Å²) in [6.45, 7) is 4.30. The van der Waals surface area contributed by atoms with Crippen LogP contribution in [-0.4, -0.2) is 4.98 Å². The predicted molar refractivity (Wildman–Crippen MR) is 99.2 cm³/mol. The van der Waals surface area contributed by atoms with Crippen LogP contribution in [-0.2, 0) is 0 Å². The standard InChI is InChI=1S/C21H16ClN/c1-13-7-3-4-8-15(13)18-12-20-19(11-14(18)2)16-9-5-6-10-17(16)21(22)23-20/h3-12H,1-2H3. The molecule has 0 aliphatic rings. The fourth-order valence-electron chi connectivity index (χ4n) is 3.23. The van der Waals surface area contributed by atoms with E-state index in [4.69, 9.17) is 11.6 Å². The highest BCUT2D eigenvalue weighted by atomic mass is 35.5. The normalized spacial score (nSPS) is 11.3. The molecule has 1 aromatic heterocycles. The van der Waals surface area contributed by atoms with Gasteiger partial charge in [-0.15, -0.1) is 0 Å². The highest BCUT2D eigenvalue weighted by Gasteiger charge is 2.11. The van der Waals surface area contributed by atoms with Crippen LogP contribution in [0, 0.1) is 13.8 Å². The van der Waals surface area contributed by atoms with E-state index in [1.165, 1.54) is 22.3 Å². The summed E-state index contributed by atoms with van der Waals surface area (Å²) in [5, 5.41) is 3.87. The van der Waals surface area contributed by atoms with Crippen molar-refractivity contribution in [3.05, 3.63) is 76.9 Å². The maximum atomic E-state index is 6.39. The summed E-state index contributed by atoms with van der Waals surface area (Å²) in [4.78, 5) is 4.63. The van der Waals surface area contributed by atoms with E-state index < -0.39 is 0 Å². The van der Waals surface area contributed by atoms with E-state index in [1.807, 2.05) is 18.2 Å². The zero-order chi connectivity index (χ0) is 16.0. The number of pyridine rings is 1. The number of benzene rings is 3. The van der Waals surface area contributed by atoms with Gasteiger partial charge in [-0.1, -0.05) is 60.1 Å². The molecule has 112 valence electrons. The minimum atomic E-state index is 0.563. The van der Waals surface area contributed by atoms with Crippen molar-refractivity contribution in [1.29, 1.82) is 0 Å². The molecule has 23 heavy (non-hydrogen) atoms. The van der Waals surface area contributed by atoms with Crippen LogP contribution in [0.1, 0.15) is 11.1 Å². The maximum absolute atomic E-state index is 6.39. The largest absolute Gasteiger partial charge is 0.235 e. The first-order valence-electron chi connectivity index (χ1n) is 7.70. The first-order valence-corrected chi connectivity index (χ1v) is 8.07. The molecule has 0 aliphatic carbocycles. The monoisotopic (exact) mass is 317 g/mol. The van der Waals surface area contributed by atoms with Crippen molar-refractivity contribution >= 4 is 33.3 Å². The summed E-state index contributed by atoms with van der Waals surface area (Å²) in [6.07, 6.45) is 0. The van der Waals surface area contributed by atoms with Crippen molar-refractivity contribution < 1.29 is 0 Å². The maximum Gasteiger partial charge on any atom is 0.137 e. The molecular formula is C21H16ClN. The van der Waals surface area contributed by atoms with Gasteiger partial charge in [0, 0.05) is 10.8 Å². The number of nitrogens with zero attached hydrogens (tertiary/aromatic N) is 1. The van der Waals surface area contributed by atoms with Crippen LogP contribution in [0.4, 0.5) is 0 Å². The van der Waals surface area contributed by atoms with Crippen LogP contribution in [0.5, 0.6) is 0 Å². The zero-order valence-electron chi connectivity index (χ0n) is 13.1. The number of halogens is 1. The Kier molecular flexibility index (Phi) is 3.32. The minimum Gasteiger partial charge on any atom is -0.235 e. The Morgan fingerprint density at radius 2 is 1.39 bits per heavy atom. The molecule has 0 N–H and O–H groups in total. The third-order valence-electron chi connectivity index (χ3n) is 4.44. The molecule has 2 heteroatoms. The second-order valence-electron chi connectivity index (χ2n) is 5.95. The molecule has 0 spiro atoms. The highest BCUT2D eigenvalue weighted by molar-refractivity contribution is 6.35. The Bertz CT molecular complexity index is 1050. The first kappa shape index (κ1) is 14.2. The molecule has 0 atom stereocenters. The lowest BCUT2D eigenvalue weighted by Crippen LogP contribution is -1.91. The Hall–Kier alpha value is -2.38. The van der Waals surface area contributed by atoms with Gasteiger partial charge in [0.15, 0.2) is 0 Å². The van der Waals surface area contributed by atoms with Gasteiger partial charge in [0.1, 0.15) is 5.15 Å². The van der Waals surface area contributed by atoms with Crippen molar-refractivity contribution in [2.24, 2.45) is 0 Å². The van der Waals surface area contributed by atoms with E-state index in [0.29, 0.717) is 5.15 Å². The molecule has 0 amide bonds. The van der Waals surface area contributed by atoms with Crippen LogP contribution in [0.2, 0.25) is 5.15 Å². The van der Waals surface area contributed by atoms with E-state index in [-0.39, 0.29) is 0 Å². The van der Waals surface area contributed by atoms with E-state index >= 15 is 0 Å². The fraction of sp³-hybridized carbons (Fsp3) is 0.0952. The van der Waals surface area contributed by atoms with Gasteiger partial charge in [0.2, 0.25) is 0 Å². The number of hydrogen-bond donors (Lipinski definition) is 0. The summed E-state index contributed by atoms with van der Waals surface area (Å²) < 4.78 is 0. The molecule has 1 nitrogen and oxygen atoms in total. The number of fused-ring (bicyclic) bond motifs is 3. The van der Waals surface area contributed by atoms with Gasteiger partial charge in [-0.05, 0) is 53.6 Å². The van der Waals surface area contributed by atoms with E-state index in [1.54, 1.807) is 0 Å².